The van der Waals surface area contributed by atoms with Gasteiger partial charge in [-0.3, -0.25) is 9.59 Å². The number of aliphatic carboxylic acids is 1. The highest BCUT2D eigenvalue weighted by Crippen LogP contribution is 2.35. The number of unbranched alkanes of at least 4 members (excludes halogenated alkanes) is 3. The Hall–Kier alpha value is -1.42. The maximum atomic E-state index is 11.8. The number of ketones is 1. The normalized spacial score (nSPS) is 24.2. The minimum atomic E-state index is -0.740. The summed E-state index contributed by atoms with van der Waals surface area (Å²) < 4.78 is 0. The van der Waals surface area contributed by atoms with Gasteiger partial charge in [-0.05, 0) is 62.9 Å². The third-order valence-electron chi connectivity index (χ3n) is 4.73. The van der Waals surface area contributed by atoms with Crippen molar-refractivity contribution < 1.29 is 19.8 Å². The van der Waals surface area contributed by atoms with Gasteiger partial charge in [-0.1, -0.05) is 31.6 Å². The molecular formula is C20H32O4. The zero-order valence-corrected chi connectivity index (χ0v) is 14.8. The lowest BCUT2D eigenvalue weighted by Gasteiger charge is -2.17. The van der Waals surface area contributed by atoms with E-state index in [4.69, 9.17) is 5.11 Å². The number of hydrogen-bond donors (Lipinski definition) is 2. The van der Waals surface area contributed by atoms with Gasteiger partial charge < -0.3 is 10.2 Å². The molecule has 1 rings (SSSR count). The van der Waals surface area contributed by atoms with Crippen molar-refractivity contribution in [3.8, 4) is 0 Å². The van der Waals surface area contributed by atoms with Crippen molar-refractivity contribution in [2.45, 2.75) is 77.2 Å². The van der Waals surface area contributed by atoms with Crippen molar-refractivity contribution in [2.24, 2.45) is 11.8 Å². The molecule has 1 aliphatic rings. The first-order valence-corrected chi connectivity index (χ1v) is 9.30. The van der Waals surface area contributed by atoms with Crippen molar-refractivity contribution >= 4 is 11.8 Å². The van der Waals surface area contributed by atoms with Crippen LogP contribution in [0.25, 0.3) is 0 Å². The Labute approximate surface area is 145 Å². The number of aliphatic hydroxyl groups excluding tert-OH is 1. The molecule has 0 spiro atoms. The predicted molar refractivity (Wildman–Crippen MR) is 95.8 cm³/mol. The molecule has 0 saturated heterocycles. The zero-order valence-electron chi connectivity index (χ0n) is 14.8. The van der Waals surface area contributed by atoms with Crippen LogP contribution in [-0.4, -0.2) is 28.1 Å². The molecule has 1 fully saturated rings. The molecule has 0 aromatic carbocycles. The van der Waals surface area contributed by atoms with E-state index in [0.717, 1.165) is 44.9 Å². The molecule has 1 aliphatic carbocycles. The molecule has 24 heavy (non-hydrogen) atoms. The molecule has 0 heterocycles. The number of allylic oxidation sites excluding steroid dienone is 4. The number of rotatable bonds is 12. The molecule has 4 nitrogen and oxygen atoms in total. The van der Waals surface area contributed by atoms with Crippen molar-refractivity contribution in [3.63, 3.8) is 0 Å². The molecular weight excluding hydrogens is 304 g/mol. The summed E-state index contributed by atoms with van der Waals surface area (Å²) in [5, 5.41) is 18.7. The molecule has 0 aliphatic heterocycles. The number of hydrogen-bond acceptors (Lipinski definition) is 3. The summed E-state index contributed by atoms with van der Waals surface area (Å²) >= 11 is 0. The maximum absolute atomic E-state index is 11.8. The van der Waals surface area contributed by atoms with Crippen LogP contribution < -0.4 is 0 Å². The van der Waals surface area contributed by atoms with Gasteiger partial charge in [0.05, 0.1) is 6.10 Å². The second-order valence-electron chi connectivity index (χ2n) is 6.75. The van der Waals surface area contributed by atoms with Gasteiger partial charge in [-0.25, -0.2) is 0 Å². The molecule has 4 heteroatoms. The van der Waals surface area contributed by atoms with E-state index in [9.17, 15) is 14.7 Å². The molecule has 0 bridgehead atoms. The molecule has 3 atom stereocenters. The van der Waals surface area contributed by atoms with Crippen LogP contribution in [0.5, 0.6) is 0 Å². The number of carboxylic acid groups (broad SMARTS) is 1. The van der Waals surface area contributed by atoms with Crippen LogP contribution in [0.2, 0.25) is 0 Å². The Morgan fingerprint density at radius 1 is 1.08 bits per heavy atom. The minimum Gasteiger partial charge on any atom is -0.481 e. The summed E-state index contributed by atoms with van der Waals surface area (Å²) in [5.74, 6) is -0.0835. The van der Waals surface area contributed by atoms with Crippen molar-refractivity contribution in [1.82, 2.24) is 0 Å². The number of carboxylic acids is 1. The molecule has 0 amide bonds. The second-order valence-corrected chi connectivity index (χ2v) is 6.75. The Kier molecular flexibility index (Phi) is 10.3. The molecule has 0 aromatic rings. The Morgan fingerprint density at radius 2 is 1.88 bits per heavy atom. The smallest absolute Gasteiger partial charge is 0.303 e. The summed E-state index contributed by atoms with van der Waals surface area (Å²) in [7, 11) is 0. The highest BCUT2D eigenvalue weighted by atomic mass is 16.4. The average molecular weight is 336 g/mol. The van der Waals surface area contributed by atoms with Gasteiger partial charge in [0.15, 0.2) is 5.78 Å². The molecule has 136 valence electrons. The standard InChI is InChI=1S/C20H32O4/c1-2-3-9-17(21)14-12-16-13-15-19(22)18(16)10-7-5-4-6-8-11-20(23)24/h5,7,12,14,16,18-19,22H,2-4,6,8-11,13,15H2,1H3,(H,23,24)/b7-5+,14-12+. The van der Waals surface area contributed by atoms with Gasteiger partial charge >= 0.3 is 5.97 Å². The molecule has 1 saturated carbocycles. The molecule has 0 aromatic heterocycles. The van der Waals surface area contributed by atoms with E-state index in [2.05, 4.69) is 19.1 Å². The Balaban J connectivity index is 2.34. The average Bonchev–Trinajstić information content (AvgIpc) is 2.90. The molecule has 0 radical (unpaired) electrons. The molecule has 2 N–H and O–H groups in total. The van der Waals surface area contributed by atoms with Crippen molar-refractivity contribution in [2.75, 3.05) is 0 Å². The van der Waals surface area contributed by atoms with Gasteiger partial charge in [0.1, 0.15) is 0 Å². The topological polar surface area (TPSA) is 74.6 Å². The highest BCUT2D eigenvalue weighted by Gasteiger charge is 2.32. The van der Waals surface area contributed by atoms with E-state index in [0.29, 0.717) is 12.8 Å². The van der Waals surface area contributed by atoms with Gasteiger partial charge in [0.2, 0.25) is 0 Å². The fraction of sp³-hybridized carbons (Fsp3) is 0.700. The minimum absolute atomic E-state index is 0.186. The number of carbonyl (C=O) groups excluding carboxylic acids is 1. The van der Waals surface area contributed by atoms with Crippen LogP contribution in [0, 0.1) is 11.8 Å². The van der Waals surface area contributed by atoms with E-state index < -0.39 is 5.97 Å². The van der Waals surface area contributed by atoms with Crippen LogP contribution in [-0.2, 0) is 9.59 Å². The first-order chi connectivity index (χ1) is 11.5. The van der Waals surface area contributed by atoms with E-state index in [-0.39, 0.29) is 30.1 Å². The van der Waals surface area contributed by atoms with Gasteiger partial charge in [0, 0.05) is 12.8 Å². The highest BCUT2D eigenvalue weighted by molar-refractivity contribution is 5.89. The predicted octanol–water partition coefficient (Wildman–Crippen LogP) is 4.28. The zero-order chi connectivity index (χ0) is 17.8. The maximum Gasteiger partial charge on any atom is 0.303 e. The van der Waals surface area contributed by atoms with E-state index in [1.165, 1.54) is 0 Å². The first kappa shape index (κ1) is 20.6. The largest absolute Gasteiger partial charge is 0.481 e. The SMILES string of the molecule is CCCCC(=O)/C=C/C1CCC(O)C1C/C=C/CCCCC(=O)O. The lowest BCUT2D eigenvalue weighted by Crippen LogP contribution is -2.17. The number of aliphatic hydroxyl groups is 1. The van der Waals surface area contributed by atoms with E-state index in [1.54, 1.807) is 6.08 Å². The summed E-state index contributed by atoms with van der Waals surface area (Å²) in [6, 6.07) is 0. The van der Waals surface area contributed by atoms with Gasteiger partial charge in [-0.15, -0.1) is 0 Å². The van der Waals surface area contributed by atoms with Crippen molar-refractivity contribution in [3.05, 3.63) is 24.3 Å². The van der Waals surface area contributed by atoms with E-state index in [1.807, 2.05) is 6.08 Å². The van der Waals surface area contributed by atoms with Gasteiger partial charge in [0.25, 0.3) is 0 Å². The summed E-state index contributed by atoms with van der Waals surface area (Å²) in [4.78, 5) is 22.2. The van der Waals surface area contributed by atoms with Crippen LogP contribution in [0.1, 0.15) is 71.1 Å². The van der Waals surface area contributed by atoms with Crippen molar-refractivity contribution in [1.29, 1.82) is 0 Å². The third-order valence-corrected chi connectivity index (χ3v) is 4.73. The Morgan fingerprint density at radius 3 is 2.58 bits per heavy atom. The van der Waals surface area contributed by atoms with Crippen LogP contribution >= 0.6 is 0 Å². The number of carbonyl (C=O) groups is 2. The fourth-order valence-electron chi connectivity index (χ4n) is 3.22. The summed E-state index contributed by atoms with van der Waals surface area (Å²) in [6.07, 6.45) is 15.4. The summed E-state index contributed by atoms with van der Waals surface area (Å²) in [6.45, 7) is 2.08. The summed E-state index contributed by atoms with van der Waals surface area (Å²) in [5.41, 5.74) is 0. The third kappa shape index (κ3) is 8.44. The van der Waals surface area contributed by atoms with Crippen LogP contribution in [0.4, 0.5) is 0 Å². The monoisotopic (exact) mass is 336 g/mol. The quantitative estimate of drug-likeness (QED) is 0.317. The molecule has 3 unspecified atom stereocenters. The second kappa shape index (κ2) is 12.0. The van der Waals surface area contributed by atoms with Gasteiger partial charge in [-0.2, -0.15) is 0 Å². The van der Waals surface area contributed by atoms with Crippen LogP contribution in [0.15, 0.2) is 24.3 Å². The lowest BCUT2D eigenvalue weighted by atomic mass is 9.90. The van der Waals surface area contributed by atoms with Crippen LogP contribution in [0.3, 0.4) is 0 Å². The first-order valence-electron chi connectivity index (χ1n) is 9.30. The lowest BCUT2D eigenvalue weighted by molar-refractivity contribution is -0.137. The Bertz CT molecular complexity index is 439. The fourth-order valence-corrected chi connectivity index (χ4v) is 3.22. The van der Waals surface area contributed by atoms with E-state index >= 15 is 0 Å².